The summed E-state index contributed by atoms with van der Waals surface area (Å²) in [6, 6.07) is 0. The van der Waals surface area contributed by atoms with E-state index in [1.54, 1.807) is 13.8 Å². The van der Waals surface area contributed by atoms with E-state index in [2.05, 4.69) is 6.58 Å². The molecule has 0 spiro atoms. The minimum atomic E-state index is -4.77. The van der Waals surface area contributed by atoms with Crippen LogP contribution in [-0.2, 0) is 14.3 Å². The molecule has 0 heterocycles. The van der Waals surface area contributed by atoms with E-state index in [1.165, 1.54) is 6.92 Å². The normalized spacial score (nSPS) is 25.1. The van der Waals surface area contributed by atoms with Crippen molar-refractivity contribution < 1.29 is 32.5 Å². The third-order valence-electron chi connectivity index (χ3n) is 4.05. The molecule has 0 aromatic heterocycles. The highest BCUT2D eigenvalue weighted by atomic mass is 19.4. The number of rotatable bonds is 6. The number of hydrogen-bond acceptors (Lipinski definition) is 4. The highest BCUT2D eigenvalue weighted by Crippen LogP contribution is 2.42. The van der Waals surface area contributed by atoms with Gasteiger partial charge in [0.2, 0.25) is 0 Å². The second kappa shape index (κ2) is 6.20. The SMILES string of the molecule is C=C(C)C(=O)OC1CCC1C(C)(C)OCC(C)(O)C(F)(F)F. The number of carbonyl (C=O) groups excluding carboxylic acids is 1. The van der Waals surface area contributed by atoms with Gasteiger partial charge in [0.15, 0.2) is 5.60 Å². The van der Waals surface area contributed by atoms with Crippen LogP contribution < -0.4 is 0 Å². The van der Waals surface area contributed by atoms with Gasteiger partial charge in [0.05, 0.1) is 12.2 Å². The van der Waals surface area contributed by atoms with Crippen molar-refractivity contribution in [2.45, 2.75) is 64.0 Å². The molecule has 0 aliphatic heterocycles. The van der Waals surface area contributed by atoms with E-state index in [9.17, 15) is 23.1 Å². The van der Waals surface area contributed by atoms with E-state index in [4.69, 9.17) is 9.47 Å². The zero-order chi connectivity index (χ0) is 17.3. The molecule has 3 unspecified atom stereocenters. The number of halogens is 3. The number of alkyl halides is 3. The van der Waals surface area contributed by atoms with Crippen molar-refractivity contribution in [1.82, 2.24) is 0 Å². The maximum absolute atomic E-state index is 12.6. The van der Waals surface area contributed by atoms with Gasteiger partial charge in [0.25, 0.3) is 0 Å². The predicted octanol–water partition coefficient (Wildman–Crippen LogP) is 2.99. The second-order valence-corrected chi connectivity index (χ2v) is 6.57. The Kier molecular flexibility index (Phi) is 5.34. The molecular weight excluding hydrogens is 301 g/mol. The number of ether oxygens (including phenoxy) is 2. The van der Waals surface area contributed by atoms with E-state index >= 15 is 0 Å². The Morgan fingerprint density at radius 2 is 1.82 bits per heavy atom. The van der Waals surface area contributed by atoms with Crippen LogP contribution in [0.3, 0.4) is 0 Å². The van der Waals surface area contributed by atoms with Crippen LogP contribution >= 0.6 is 0 Å². The molecule has 0 radical (unpaired) electrons. The summed E-state index contributed by atoms with van der Waals surface area (Å²) in [7, 11) is 0. The molecule has 0 aromatic carbocycles. The molecule has 0 amide bonds. The molecule has 1 aliphatic rings. The lowest BCUT2D eigenvalue weighted by molar-refractivity contribution is -0.281. The van der Waals surface area contributed by atoms with E-state index in [0.29, 0.717) is 19.8 Å². The van der Waals surface area contributed by atoms with Crippen LogP contribution in [0, 0.1) is 5.92 Å². The zero-order valence-corrected chi connectivity index (χ0v) is 13.3. The van der Waals surface area contributed by atoms with Gasteiger partial charge in [-0.2, -0.15) is 13.2 Å². The van der Waals surface area contributed by atoms with E-state index in [1.807, 2.05) is 0 Å². The Morgan fingerprint density at radius 1 is 1.27 bits per heavy atom. The summed E-state index contributed by atoms with van der Waals surface area (Å²) in [4.78, 5) is 11.5. The van der Waals surface area contributed by atoms with Gasteiger partial charge in [-0.25, -0.2) is 4.79 Å². The van der Waals surface area contributed by atoms with Crippen LogP contribution in [0.5, 0.6) is 0 Å². The molecular formula is C15H23F3O4. The van der Waals surface area contributed by atoms with Gasteiger partial charge in [-0.15, -0.1) is 0 Å². The van der Waals surface area contributed by atoms with Crippen molar-refractivity contribution in [2.75, 3.05) is 6.61 Å². The summed E-state index contributed by atoms with van der Waals surface area (Å²) in [5, 5.41) is 9.42. The summed E-state index contributed by atoms with van der Waals surface area (Å²) in [6.45, 7) is 8.07. The largest absolute Gasteiger partial charge is 0.459 e. The van der Waals surface area contributed by atoms with Gasteiger partial charge in [-0.1, -0.05) is 6.58 Å². The third-order valence-corrected chi connectivity index (χ3v) is 4.05. The summed E-state index contributed by atoms with van der Waals surface area (Å²) in [5.74, 6) is -0.743. The standard InChI is InChI=1S/C15H23F3O4/c1-9(2)12(19)22-11-7-6-10(11)13(3,4)21-8-14(5,20)15(16,17)18/h10-11,20H,1,6-8H2,2-5H3. The summed E-state index contributed by atoms with van der Waals surface area (Å²) in [6.07, 6.45) is -3.87. The highest BCUT2D eigenvalue weighted by molar-refractivity contribution is 5.87. The van der Waals surface area contributed by atoms with Crippen LogP contribution in [0.4, 0.5) is 13.2 Å². The minimum Gasteiger partial charge on any atom is -0.459 e. The van der Waals surface area contributed by atoms with Gasteiger partial charge in [-0.05, 0) is 40.5 Å². The Morgan fingerprint density at radius 3 is 2.18 bits per heavy atom. The first-order chi connectivity index (χ1) is 9.78. The monoisotopic (exact) mass is 324 g/mol. The summed E-state index contributed by atoms with van der Waals surface area (Å²) in [5.41, 5.74) is -3.60. The minimum absolute atomic E-state index is 0.222. The molecule has 0 bridgehead atoms. The van der Waals surface area contributed by atoms with Gasteiger partial charge in [0, 0.05) is 11.5 Å². The number of aliphatic hydroxyl groups is 1. The lowest BCUT2D eigenvalue weighted by atomic mass is 9.71. The first kappa shape index (κ1) is 19.0. The fourth-order valence-electron chi connectivity index (χ4n) is 2.16. The molecule has 1 aliphatic carbocycles. The van der Waals surface area contributed by atoms with Gasteiger partial charge < -0.3 is 14.6 Å². The smallest absolute Gasteiger partial charge is 0.419 e. The van der Waals surface area contributed by atoms with Crippen LogP contribution in [-0.4, -0.2) is 41.2 Å². The van der Waals surface area contributed by atoms with E-state index in [0.717, 1.165) is 0 Å². The Bertz CT molecular complexity index is 441. The maximum Gasteiger partial charge on any atom is 0.419 e. The Labute approximate surface area is 128 Å². The van der Waals surface area contributed by atoms with Gasteiger partial charge in [-0.3, -0.25) is 0 Å². The molecule has 1 saturated carbocycles. The fraction of sp³-hybridized carbons (Fsp3) is 0.800. The van der Waals surface area contributed by atoms with E-state index in [-0.39, 0.29) is 11.5 Å². The Balaban J connectivity index is 2.63. The molecule has 4 nitrogen and oxygen atoms in total. The Hall–Kier alpha value is -1.08. The fourth-order valence-corrected chi connectivity index (χ4v) is 2.16. The van der Waals surface area contributed by atoms with Crippen molar-refractivity contribution >= 4 is 5.97 Å². The predicted molar refractivity (Wildman–Crippen MR) is 74.1 cm³/mol. The van der Waals surface area contributed by atoms with E-state index < -0.39 is 36.1 Å². The number of hydrogen-bond donors (Lipinski definition) is 1. The van der Waals surface area contributed by atoms with Crippen LogP contribution in [0.2, 0.25) is 0 Å². The molecule has 7 heteroatoms. The molecule has 128 valence electrons. The maximum atomic E-state index is 12.6. The quantitative estimate of drug-likeness (QED) is 0.603. The average Bonchev–Trinajstić information content (AvgIpc) is 2.30. The summed E-state index contributed by atoms with van der Waals surface area (Å²) >= 11 is 0. The van der Waals surface area contributed by atoms with Crippen LogP contribution in [0.1, 0.15) is 40.5 Å². The highest BCUT2D eigenvalue weighted by Gasteiger charge is 2.52. The van der Waals surface area contributed by atoms with Gasteiger partial charge >= 0.3 is 12.1 Å². The zero-order valence-electron chi connectivity index (χ0n) is 13.3. The molecule has 1 N–H and O–H groups in total. The van der Waals surface area contributed by atoms with Crippen molar-refractivity contribution in [1.29, 1.82) is 0 Å². The van der Waals surface area contributed by atoms with Crippen molar-refractivity contribution in [3.05, 3.63) is 12.2 Å². The molecule has 0 saturated heterocycles. The lowest BCUT2D eigenvalue weighted by Gasteiger charge is -2.46. The lowest BCUT2D eigenvalue weighted by Crippen LogP contribution is -2.53. The van der Waals surface area contributed by atoms with Crippen molar-refractivity contribution in [3.63, 3.8) is 0 Å². The average molecular weight is 324 g/mol. The van der Waals surface area contributed by atoms with Crippen LogP contribution in [0.25, 0.3) is 0 Å². The molecule has 1 rings (SSSR count). The number of esters is 1. The molecule has 0 aromatic rings. The second-order valence-electron chi connectivity index (χ2n) is 6.57. The van der Waals surface area contributed by atoms with Crippen LogP contribution in [0.15, 0.2) is 12.2 Å². The summed E-state index contributed by atoms with van der Waals surface area (Å²) < 4.78 is 48.5. The topological polar surface area (TPSA) is 55.8 Å². The molecule has 3 atom stereocenters. The molecule has 1 fully saturated rings. The first-order valence-electron chi connectivity index (χ1n) is 7.07. The molecule has 22 heavy (non-hydrogen) atoms. The van der Waals surface area contributed by atoms with Crippen molar-refractivity contribution in [2.24, 2.45) is 5.92 Å². The van der Waals surface area contributed by atoms with Crippen molar-refractivity contribution in [3.8, 4) is 0 Å². The number of carbonyl (C=O) groups is 1. The first-order valence-corrected chi connectivity index (χ1v) is 7.07. The van der Waals surface area contributed by atoms with Gasteiger partial charge in [0.1, 0.15) is 6.10 Å². The third kappa shape index (κ3) is 4.23.